The highest BCUT2D eigenvalue weighted by Crippen LogP contribution is 2.22. The maximum atomic E-state index is 14.1. The Balaban J connectivity index is 1.93. The highest BCUT2D eigenvalue weighted by molar-refractivity contribution is 6.01. The van der Waals surface area contributed by atoms with Crippen LogP contribution in [0.1, 0.15) is 27.0 Å². The molecule has 0 aromatic heterocycles. The Labute approximate surface area is 121 Å². The molecule has 2 aromatic carbocycles. The molecule has 0 spiro atoms. The SMILES string of the molecule is Cc1ccc(F)c(C(=O)C2Cc3ccccc3CN2)c1F. The number of ketones is 1. The zero-order valence-electron chi connectivity index (χ0n) is 11.6. The van der Waals surface area contributed by atoms with E-state index in [9.17, 15) is 13.6 Å². The molecule has 1 atom stereocenters. The molecule has 1 aliphatic heterocycles. The van der Waals surface area contributed by atoms with Crippen molar-refractivity contribution in [3.63, 3.8) is 0 Å². The second-order valence-corrected chi connectivity index (χ2v) is 5.32. The fraction of sp³-hybridized carbons (Fsp3) is 0.235. The minimum atomic E-state index is -0.802. The molecule has 0 radical (unpaired) electrons. The first-order valence-corrected chi connectivity index (χ1v) is 6.87. The molecule has 0 saturated heterocycles. The first-order valence-electron chi connectivity index (χ1n) is 6.87. The summed E-state index contributed by atoms with van der Waals surface area (Å²) >= 11 is 0. The topological polar surface area (TPSA) is 29.1 Å². The van der Waals surface area contributed by atoms with Crippen molar-refractivity contribution in [2.45, 2.75) is 25.9 Å². The first kappa shape index (κ1) is 13.9. The molecular weight excluding hydrogens is 272 g/mol. The normalized spacial score (nSPS) is 17.4. The van der Waals surface area contributed by atoms with Crippen molar-refractivity contribution < 1.29 is 13.6 Å². The molecule has 21 heavy (non-hydrogen) atoms. The average molecular weight is 287 g/mol. The number of carbonyl (C=O) groups is 1. The fourth-order valence-corrected chi connectivity index (χ4v) is 2.70. The summed E-state index contributed by atoms with van der Waals surface area (Å²) in [6.45, 7) is 2.05. The summed E-state index contributed by atoms with van der Waals surface area (Å²) in [7, 11) is 0. The quantitative estimate of drug-likeness (QED) is 0.860. The maximum absolute atomic E-state index is 14.1. The molecule has 1 N–H and O–H groups in total. The highest BCUT2D eigenvalue weighted by atomic mass is 19.1. The number of aryl methyl sites for hydroxylation is 1. The number of hydrogen-bond acceptors (Lipinski definition) is 2. The Hall–Kier alpha value is -2.07. The van der Waals surface area contributed by atoms with Crippen molar-refractivity contribution in [2.75, 3.05) is 0 Å². The van der Waals surface area contributed by atoms with E-state index in [1.807, 2.05) is 24.3 Å². The zero-order valence-corrected chi connectivity index (χ0v) is 11.6. The number of rotatable bonds is 2. The highest BCUT2D eigenvalue weighted by Gasteiger charge is 2.29. The van der Waals surface area contributed by atoms with Crippen molar-refractivity contribution in [1.29, 1.82) is 0 Å². The second kappa shape index (κ2) is 5.37. The molecule has 1 heterocycles. The third-order valence-electron chi connectivity index (χ3n) is 3.93. The average Bonchev–Trinajstić information content (AvgIpc) is 2.51. The Morgan fingerprint density at radius 3 is 2.62 bits per heavy atom. The van der Waals surface area contributed by atoms with Crippen LogP contribution < -0.4 is 5.32 Å². The van der Waals surface area contributed by atoms with Gasteiger partial charge in [-0.1, -0.05) is 30.3 Å². The number of halogens is 2. The lowest BCUT2D eigenvalue weighted by Crippen LogP contribution is -2.42. The van der Waals surface area contributed by atoms with E-state index in [2.05, 4.69) is 5.32 Å². The summed E-state index contributed by atoms with van der Waals surface area (Å²) in [4.78, 5) is 12.5. The molecule has 1 unspecified atom stereocenters. The second-order valence-electron chi connectivity index (χ2n) is 5.32. The molecule has 0 fully saturated rings. The van der Waals surface area contributed by atoms with Gasteiger partial charge in [-0.25, -0.2) is 8.78 Å². The third kappa shape index (κ3) is 2.47. The van der Waals surface area contributed by atoms with Gasteiger partial charge >= 0.3 is 0 Å². The number of hydrogen-bond donors (Lipinski definition) is 1. The summed E-state index contributed by atoms with van der Waals surface area (Å²) in [6.07, 6.45) is 0.446. The smallest absolute Gasteiger partial charge is 0.185 e. The predicted molar refractivity (Wildman–Crippen MR) is 76.2 cm³/mol. The molecule has 1 aliphatic rings. The van der Waals surface area contributed by atoms with Gasteiger partial charge in [0.05, 0.1) is 11.6 Å². The van der Waals surface area contributed by atoms with Gasteiger partial charge in [-0.2, -0.15) is 0 Å². The van der Waals surface area contributed by atoms with Crippen LogP contribution in [-0.4, -0.2) is 11.8 Å². The van der Waals surface area contributed by atoms with E-state index in [4.69, 9.17) is 0 Å². The molecule has 0 saturated carbocycles. The van der Waals surface area contributed by atoms with Crippen LogP contribution in [-0.2, 0) is 13.0 Å². The van der Waals surface area contributed by atoms with Gasteiger partial charge in [0.25, 0.3) is 0 Å². The third-order valence-corrected chi connectivity index (χ3v) is 3.93. The van der Waals surface area contributed by atoms with Crippen LogP contribution in [0.3, 0.4) is 0 Å². The van der Waals surface area contributed by atoms with Crippen molar-refractivity contribution >= 4 is 5.78 Å². The lowest BCUT2D eigenvalue weighted by molar-refractivity contribution is 0.0929. The standard InChI is InChI=1S/C17H15F2NO/c1-10-6-7-13(18)15(16(10)19)17(21)14-8-11-4-2-3-5-12(11)9-20-14/h2-7,14,20H,8-9H2,1H3. The van der Waals surface area contributed by atoms with E-state index in [1.54, 1.807) is 0 Å². The van der Waals surface area contributed by atoms with Crippen molar-refractivity contribution in [3.05, 3.63) is 70.3 Å². The van der Waals surface area contributed by atoms with Gasteiger partial charge < -0.3 is 5.32 Å². The summed E-state index contributed by atoms with van der Waals surface area (Å²) in [5.74, 6) is -2.09. The molecule has 3 rings (SSSR count). The fourth-order valence-electron chi connectivity index (χ4n) is 2.70. The Kier molecular flexibility index (Phi) is 3.55. The van der Waals surface area contributed by atoms with Crippen LogP contribution in [0.25, 0.3) is 0 Å². The van der Waals surface area contributed by atoms with Gasteiger partial charge in [-0.05, 0) is 36.1 Å². The van der Waals surface area contributed by atoms with Crippen molar-refractivity contribution in [2.24, 2.45) is 0 Å². The summed E-state index contributed by atoms with van der Waals surface area (Å²) in [5.41, 5.74) is 2.00. The van der Waals surface area contributed by atoms with Crippen LogP contribution in [0, 0.1) is 18.6 Å². The van der Waals surface area contributed by atoms with Crippen molar-refractivity contribution in [1.82, 2.24) is 5.32 Å². The van der Waals surface area contributed by atoms with E-state index in [0.29, 0.717) is 13.0 Å². The van der Waals surface area contributed by atoms with Gasteiger partial charge in [0, 0.05) is 6.54 Å². The van der Waals surface area contributed by atoms with Crippen LogP contribution in [0.5, 0.6) is 0 Å². The van der Waals surface area contributed by atoms with E-state index in [-0.39, 0.29) is 5.56 Å². The summed E-state index contributed by atoms with van der Waals surface area (Å²) in [5, 5.41) is 3.06. The monoisotopic (exact) mass is 287 g/mol. The van der Waals surface area contributed by atoms with Gasteiger partial charge in [0.15, 0.2) is 5.78 Å². The molecule has 0 aliphatic carbocycles. The number of benzene rings is 2. The molecule has 2 nitrogen and oxygen atoms in total. The first-order chi connectivity index (χ1) is 10.1. The number of carbonyl (C=O) groups excluding carboxylic acids is 1. The van der Waals surface area contributed by atoms with E-state index < -0.39 is 29.0 Å². The van der Waals surface area contributed by atoms with Crippen LogP contribution in [0.4, 0.5) is 8.78 Å². The van der Waals surface area contributed by atoms with E-state index in [1.165, 1.54) is 13.0 Å². The largest absolute Gasteiger partial charge is 0.303 e. The molecule has 0 amide bonds. The zero-order chi connectivity index (χ0) is 15.0. The van der Waals surface area contributed by atoms with Crippen LogP contribution in [0.2, 0.25) is 0 Å². The lowest BCUT2D eigenvalue weighted by atomic mass is 9.90. The van der Waals surface area contributed by atoms with Crippen LogP contribution >= 0.6 is 0 Å². The van der Waals surface area contributed by atoms with Gasteiger partial charge in [-0.15, -0.1) is 0 Å². The summed E-state index contributed by atoms with van der Waals surface area (Å²) in [6, 6.07) is 9.65. The van der Waals surface area contributed by atoms with Crippen molar-refractivity contribution in [3.8, 4) is 0 Å². The molecular formula is C17H15F2NO. The van der Waals surface area contributed by atoms with E-state index in [0.717, 1.165) is 17.2 Å². The van der Waals surface area contributed by atoms with Gasteiger partial charge in [0.2, 0.25) is 0 Å². The molecule has 4 heteroatoms. The number of fused-ring (bicyclic) bond motifs is 1. The maximum Gasteiger partial charge on any atom is 0.185 e. The Morgan fingerprint density at radius 1 is 1.14 bits per heavy atom. The number of Topliss-reactive ketones (excluding diaryl/α,β-unsaturated/α-hetero) is 1. The lowest BCUT2D eigenvalue weighted by Gasteiger charge is -2.25. The van der Waals surface area contributed by atoms with Crippen LogP contribution in [0.15, 0.2) is 36.4 Å². The Morgan fingerprint density at radius 2 is 1.86 bits per heavy atom. The van der Waals surface area contributed by atoms with E-state index >= 15 is 0 Å². The Bertz CT molecular complexity index is 712. The van der Waals surface area contributed by atoms with Gasteiger partial charge in [-0.3, -0.25) is 4.79 Å². The predicted octanol–water partition coefficient (Wildman–Crippen LogP) is 3.17. The number of nitrogens with one attached hydrogen (secondary N) is 1. The van der Waals surface area contributed by atoms with Gasteiger partial charge in [0.1, 0.15) is 11.6 Å². The molecule has 108 valence electrons. The molecule has 2 aromatic rings. The minimum Gasteiger partial charge on any atom is -0.303 e. The minimum absolute atomic E-state index is 0.274. The molecule has 0 bridgehead atoms. The summed E-state index contributed by atoms with van der Waals surface area (Å²) < 4.78 is 27.9.